The summed E-state index contributed by atoms with van der Waals surface area (Å²) >= 11 is 12.6. The number of nitrogens with zero attached hydrogens (tertiary/aromatic N) is 6. The van der Waals surface area contributed by atoms with Crippen LogP contribution < -0.4 is 4.90 Å². The largest absolute Gasteiger partial charge is 0.443 e. The molecule has 1 aliphatic heterocycles. The van der Waals surface area contributed by atoms with E-state index in [-0.39, 0.29) is 5.82 Å². The summed E-state index contributed by atoms with van der Waals surface area (Å²) in [4.78, 5) is 19.5. The summed E-state index contributed by atoms with van der Waals surface area (Å²) in [6, 6.07) is 12.4. The van der Waals surface area contributed by atoms with E-state index >= 15 is 0 Å². The fourth-order valence-corrected chi connectivity index (χ4v) is 4.61. The first kappa shape index (κ1) is 25.0. The van der Waals surface area contributed by atoms with E-state index in [2.05, 4.69) is 15.2 Å². The molecular formula is C26H23Cl2FN6O2. The van der Waals surface area contributed by atoms with Crippen molar-refractivity contribution in [2.24, 2.45) is 0 Å². The maximum Gasteiger partial charge on any atom is 0.420 e. The van der Waals surface area contributed by atoms with Gasteiger partial charge in [0.2, 0.25) is 0 Å². The second kappa shape index (κ2) is 9.32. The van der Waals surface area contributed by atoms with E-state index in [9.17, 15) is 9.18 Å². The number of fused-ring (bicyclic) bond motifs is 1. The van der Waals surface area contributed by atoms with E-state index in [0.29, 0.717) is 38.6 Å². The predicted molar refractivity (Wildman–Crippen MR) is 139 cm³/mol. The van der Waals surface area contributed by atoms with E-state index in [1.54, 1.807) is 66.7 Å². The van der Waals surface area contributed by atoms with Crippen LogP contribution in [-0.4, -0.2) is 36.2 Å². The molecule has 0 saturated carbocycles. The molecule has 0 N–H and O–H groups in total. The highest BCUT2D eigenvalue weighted by molar-refractivity contribution is 6.42. The van der Waals surface area contributed by atoms with E-state index in [1.807, 2.05) is 13.0 Å². The number of ether oxygens (including phenoxy) is 1. The van der Waals surface area contributed by atoms with Gasteiger partial charge in [-0.2, -0.15) is 10.2 Å². The molecule has 2 aromatic heterocycles. The van der Waals surface area contributed by atoms with Crippen molar-refractivity contribution in [1.29, 1.82) is 0 Å². The van der Waals surface area contributed by atoms with E-state index in [1.165, 1.54) is 23.4 Å². The summed E-state index contributed by atoms with van der Waals surface area (Å²) in [6.07, 6.45) is 2.45. The molecule has 5 rings (SSSR count). The second-order valence-electron chi connectivity index (χ2n) is 9.50. The van der Waals surface area contributed by atoms with Gasteiger partial charge in [0.1, 0.15) is 29.6 Å². The Hall–Kier alpha value is -3.69. The van der Waals surface area contributed by atoms with Gasteiger partial charge in [-0.1, -0.05) is 29.3 Å². The third-order valence-electron chi connectivity index (χ3n) is 5.82. The SMILES string of the molecule is CC1=C(c2ncnn2-c2ccc(F)cc2)[C@@H](c2ccc(Cl)c(Cl)c2)n2nccc2N1C(=O)OC(C)(C)C. The van der Waals surface area contributed by atoms with Crippen LogP contribution in [-0.2, 0) is 4.74 Å². The molecule has 1 atom stereocenters. The van der Waals surface area contributed by atoms with Crippen molar-refractivity contribution in [3.05, 3.63) is 94.0 Å². The third kappa shape index (κ3) is 4.60. The Kier molecular flexibility index (Phi) is 6.29. The van der Waals surface area contributed by atoms with Gasteiger partial charge in [-0.3, -0.25) is 0 Å². The molecule has 0 bridgehead atoms. The van der Waals surface area contributed by atoms with Crippen LogP contribution in [0.15, 0.2) is 66.8 Å². The number of halogens is 3. The zero-order valence-corrected chi connectivity index (χ0v) is 22.0. The number of hydrogen-bond donors (Lipinski definition) is 0. The summed E-state index contributed by atoms with van der Waals surface area (Å²) in [5.41, 5.74) is 1.83. The summed E-state index contributed by atoms with van der Waals surface area (Å²) in [7, 11) is 0. The van der Waals surface area contributed by atoms with Crippen molar-refractivity contribution in [2.75, 3.05) is 4.90 Å². The number of amides is 1. The number of benzene rings is 2. The quantitative estimate of drug-likeness (QED) is 0.289. The van der Waals surface area contributed by atoms with Gasteiger partial charge in [-0.05, 0) is 69.7 Å². The number of allylic oxidation sites excluding steroid dienone is 2. The molecule has 0 spiro atoms. The molecule has 0 fully saturated rings. The first-order valence-corrected chi connectivity index (χ1v) is 12.2. The summed E-state index contributed by atoms with van der Waals surface area (Å²) in [5.74, 6) is 0.582. The van der Waals surface area contributed by atoms with Crippen molar-refractivity contribution in [1.82, 2.24) is 24.5 Å². The zero-order chi connectivity index (χ0) is 26.5. The maximum absolute atomic E-state index is 13.7. The average Bonchev–Trinajstić information content (AvgIpc) is 3.49. The van der Waals surface area contributed by atoms with Gasteiger partial charge in [-0.15, -0.1) is 0 Å². The van der Waals surface area contributed by atoms with Gasteiger partial charge >= 0.3 is 6.09 Å². The number of carbonyl (C=O) groups is 1. The predicted octanol–water partition coefficient (Wildman–Crippen LogP) is 6.69. The van der Waals surface area contributed by atoms with Gasteiger partial charge in [0.05, 0.1) is 21.9 Å². The minimum Gasteiger partial charge on any atom is -0.443 e. The topological polar surface area (TPSA) is 78.1 Å². The number of rotatable bonds is 3. The molecule has 0 radical (unpaired) electrons. The van der Waals surface area contributed by atoms with Crippen molar-refractivity contribution in [3.8, 4) is 5.69 Å². The van der Waals surface area contributed by atoms with Crippen LogP contribution in [0.25, 0.3) is 11.3 Å². The first-order chi connectivity index (χ1) is 17.5. The van der Waals surface area contributed by atoms with Crippen molar-refractivity contribution in [2.45, 2.75) is 39.3 Å². The fourth-order valence-electron chi connectivity index (χ4n) is 4.30. The van der Waals surface area contributed by atoms with Crippen LogP contribution >= 0.6 is 23.2 Å². The molecule has 190 valence electrons. The minimum absolute atomic E-state index is 0.371. The number of aromatic nitrogens is 5. The summed E-state index contributed by atoms with van der Waals surface area (Å²) < 4.78 is 22.7. The Bertz CT molecular complexity index is 1520. The maximum atomic E-state index is 13.7. The van der Waals surface area contributed by atoms with Gasteiger partial charge in [0.15, 0.2) is 5.82 Å². The standard InChI is InChI=1S/C26H23Cl2FN6O2/c1-15-22(24-30-14-32-34(24)18-8-6-17(29)7-9-18)23(16-5-10-19(27)20(28)13-16)35-21(11-12-31-35)33(15)25(36)37-26(2,3)4/h5-14,23H,1-4H3/t23-/m1/s1. The molecule has 3 heterocycles. The van der Waals surface area contributed by atoms with Crippen LogP contribution in [0.1, 0.15) is 45.1 Å². The van der Waals surface area contributed by atoms with Crippen molar-refractivity contribution >= 4 is 40.7 Å². The second-order valence-corrected chi connectivity index (χ2v) is 10.3. The Balaban J connectivity index is 1.76. The molecule has 8 nitrogen and oxygen atoms in total. The first-order valence-electron chi connectivity index (χ1n) is 11.4. The molecule has 0 aliphatic carbocycles. The van der Waals surface area contributed by atoms with Crippen LogP contribution in [0.5, 0.6) is 0 Å². The molecule has 37 heavy (non-hydrogen) atoms. The van der Waals surface area contributed by atoms with Crippen LogP contribution in [0.3, 0.4) is 0 Å². The van der Waals surface area contributed by atoms with Crippen LogP contribution in [0.2, 0.25) is 10.0 Å². The molecule has 0 saturated heterocycles. The van der Waals surface area contributed by atoms with Gasteiger partial charge in [-0.25, -0.2) is 28.4 Å². The van der Waals surface area contributed by atoms with Gasteiger partial charge < -0.3 is 4.74 Å². The Morgan fingerprint density at radius 3 is 2.43 bits per heavy atom. The fraction of sp³-hybridized carbons (Fsp3) is 0.231. The lowest BCUT2D eigenvalue weighted by Crippen LogP contribution is -2.41. The van der Waals surface area contributed by atoms with Crippen molar-refractivity contribution in [3.63, 3.8) is 0 Å². The number of carbonyl (C=O) groups excluding carboxylic acids is 1. The lowest BCUT2D eigenvalue weighted by molar-refractivity contribution is 0.0588. The molecule has 11 heteroatoms. The van der Waals surface area contributed by atoms with E-state index in [0.717, 1.165) is 5.56 Å². The minimum atomic E-state index is -0.725. The zero-order valence-electron chi connectivity index (χ0n) is 20.5. The van der Waals surface area contributed by atoms with E-state index < -0.39 is 17.7 Å². The van der Waals surface area contributed by atoms with E-state index in [4.69, 9.17) is 27.9 Å². The van der Waals surface area contributed by atoms with Crippen LogP contribution in [0, 0.1) is 5.82 Å². The molecule has 2 aromatic carbocycles. The van der Waals surface area contributed by atoms with Gasteiger partial charge in [0.25, 0.3) is 0 Å². The Morgan fingerprint density at radius 1 is 1.03 bits per heavy atom. The molecule has 1 amide bonds. The number of hydrogen-bond acceptors (Lipinski definition) is 5. The van der Waals surface area contributed by atoms with Crippen molar-refractivity contribution < 1.29 is 13.9 Å². The molecule has 4 aromatic rings. The monoisotopic (exact) mass is 540 g/mol. The Morgan fingerprint density at radius 2 is 1.76 bits per heavy atom. The highest BCUT2D eigenvalue weighted by atomic mass is 35.5. The molecular weight excluding hydrogens is 518 g/mol. The Labute approximate surface area is 222 Å². The molecule has 1 aliphatic rings. The summed E-state index contributed by atoms with van der Waals surface area (Å²) in [5, 5.41) is 9.74. The summed E-state index contributed by atoms with van der Waals surface area (Å²) in [6.45, 7) is 7.21. The average molecular weight is 541 g/mol. The smallest absolute Gasteiger partial charge is 0.420 e. The highest BCUT2D eigenvalue weighted by Gasteiger charge is 2.39. The lowest BCUT2D eigenvalue weighted by Gasteiger charge is -2.36. The van der Waals surface area contributed by atoms with Crippen LogP contribution in [0.4, 0.5) is 15.0 Å². The third-order valence-corrected chi connectivity index (χ3v) is 6.56. The normalized spacial score (nSPS) is 15.6. The highest BCUT2D eigenvalue weighted by Crippen LogP contribution is 2.45. The molecule has 0 unspecified atom stereocenters. The van der Waals surface area contributed by atoms with Gasteiger partial charge in [0, 0.05) is 17.3 Å². The lowest BCUT2D eigenvalue weighted by atomic mass is 9.94. The number of anilines is 1.